The number of hydrogen-bond donors (Lipinski definition) is 1. The van der Waals surface area contributed by atoms with Crippen molar-refractivity contribution in [2.75, 3.05) is 43.1 Å². The zero-order valence-electron chi connectivity index (χ0n) is 19.2. The summed E-state index contributed by atoms with van der Waals surface area (Å²) >= 11 is 0. The van der Waals surface area contributed by atoms with E-state index in [-0.39, 0.29) is 24.3 Å². The number of hydrogen-bond acceptors (Lipinski definition) is 5. The minimum Gasteiger partial charge on any atom is -0.486 e. The van der Waals surface area contributed by atoms with E-state index >= 15 is 0 Å². The van der Waals surface area contributed by atoms with E-state index in [2.05, 4.69) is 5.32 Å². The van der Waals surface area contributed by atoms with Gasteiger partial charge >= 0.3 is 0 Å². The molecule has 0 aromatic heterocycles. The van der Waals surface area contributed by atoms with Crippen LogP contribution < -0.4 is 19.7 Å². The van der Waals surface area contributed by atoms with Gasteiger partial charge in [0.2, 0.25) is 17.7 Å². The molecule has 2 heterocycles. The molecule has 1 N–H and O–H groups in total. The van der Waals surface area contributed by atoms with Gasteiger partial charge in [0, 0.05) is 30.5 Å². The van der Waals surface area contributed by atoms with Gasteiger partial charge in [0.25, 0.3) is 0 Å². The van der Waals surface area contributed by atoms with Crippen LogP contribution in [0.25, 0.3) is 0 Å². The molecule has 3 amide bonds. The summed E-state index contributed by atoms with van der Waals surface area (Å²) in [5.41, 5.74) is 3.61. The monoisotopic (exact) mass is 451 g/mol. The summed E-state index contributed by atoms with van der Waals surface area (Å²) in [6.45, 7) is 7.46. The fourth-order valence-corrected chi connectivity index (χ4v) is 4.12. The Kier molecular flexibility index (Phi) is 6.53. The van der Waals surface area contributed by atoms with Crippen molar-refractivity contribution < 1.29 is 23.9 Å². The number of carbonyl (C=O) groups excluding carboxylic acids is 3. The lowest BCUT2D eigenvalue weighted by atomic mass is 10.1. The maximum atomic E-state index is 13.1. The lowest BCUT2D eigenvalue weighted by Gasteiger charge is -2.24. The minimum atomic E-state index is -0.770. The molecule has 2 aliphatic rings. The van der Waals surface area contributed by atoms with Gasteiger partial charge in [0.1, 0.15) is 19.1 Å². The Morgan fingerprint density at radius 2 is 1.82 bits per heavy atom. The summed E-state index contributed by atoms with van der Waals surface area (Å²) in [5, 5.41) is 2.80. The van der Waals surface area contributed by atoms with Gasteiger partial charge in [0.15, 0.2) is 11.5 Å². The molecule has 0 spiro atoms. The number of likely N-dealkylation sites (N-methyl/N-ethyl adjacent to an activating group) is 1. The Morgan fingerprint density at radius 3 is 2.55 bits per heavy atom. The Balaban J connectivity index is 1.39. The second-order valence-corrected chi connectivity index (χ2v) is 8.36. The molecule has 2 aromatic rings. The van der Waals surface area contributed by atoms with Crippen molar-refractivity contribution in [3.63, 3.8) is 0 Å². The Hall–Kier alpha value is -3.55. The van der Waals surface area contributed by atoms with Crippen LogP contribution in [0.2, 0.25) is 0 Å². The number of anilines is 2. The average molecular weight is 452 g/mol. The molecule has 1 unspecified atom stereocenters. The predicted octanol–water partition coefficient (Wildman–Crippen LogP) is 2.91. The van der Waals surface area contributed by atoms with Crippen molar-refractivity contribution in [3.05, 3.63) is 47.5 Å². The van der Waals surface area contributed by atoms with Gasteiger partial charge in [-0.25, -0.2) is 0 Å². The zero-order chi connectivity index (χ0) is 23.5. The third-order valence-electron chi connectivity index (χ3n) is 6.16. The SMILES string of the molecule is CCN(CC(=O)Nc1ccc2c(c1)OCCO2)C(=O)C1CCN(c2ccc(C)c(C)c2)C1=O. The first-order chi connectivity index (χ1) is 15.9. The van der Waals surface area contributed by atoms with Crippen molar-refractivity contribution in [1.29, 1.82) is 0 Å². The van der Waals surface area contributed by atoms with Crippen molar-refractivity contribution >= 4 is 29.1 Å². The second-order valence-electron chi connectivity index (χ2n) is 8.36. The van der Waals surface area contributed by atoms with E-state index in [4.69, 9.17) is 9.47 Å². The smallest absolute Gasteiger partial charge is 0.243 e. The van der Waals surface area contributed by atoms with Gasteiger partial charge < -0.3 is 24.6 Å². The van der Waals surface area contributed by atoms with Gasteiger partial charge in [-0.3, -0.25) is 14.4 Å². The third kappa shape index (κ3) is 4.79. The van der Waals surface area contributed by atoms with E-state index in [1.54, 1.807) is 30.0 Å². The predicted molar refractivity (Wildman–Crippen MR) is 125 cm³/mol. The second kappa shape index (κ2) is 9.52. The Labute approximate surface area is 193 Å². The first-order valence-electron chi connectivity index (χ1n) is 11.2. The molecule has 8 nitrogen and oxygen atoms in total. The maximum Gasteiger partial charge on any atom is 0.243 e. The topological polar surface area (TPSA) is 88.2 Å². The number of nitrogens with one attached hydrogen (secondary N) is 1. The molecule has 0 saturated carbocycles. The summed E-state index contributed by atoms with van der Waals surface area (Å²) in [6, 6.07) is 11.0. The molecule has 1 fully saturated rings. The van der Waals surface area contributed by atoms with Crippen LogP contribution in [0.15, 0.2) is 36.4 Å². The Bertz CT molecular complexity index is 1080. The summed E-state index contributed by atoms with van der Waals surface area (Å²) in [5.74, 6) is -0.421. The van der Waals surface area contributed by atoms with Crippen molar-refractivity contribution in [2.24, 2.45) is 5.92 Å². The van der Waals surface area contributed by atoms with E-state index in [1.165, 1.54) is 4.90 Å². The van der Waals surface area contributed by atoms with Gasteiger partial charge in [-0.15, -0.1) is 0 Å². The van der Waals surface area contributed by atoms with Crippen LogP contribution in [-0.4, -0.2) is 55.5 Å². The van der Waals surface area contributed by atoms with E-state index in [9.17, 15) is 14.4 Å². The zero-order valence-corrected chi connectivity index (χ0v) is 19.2. The molecular formula is C25H29N3O5. The van der Waals surface area contributed by atoms with Gasteiger partial charge in [-0.1, -0.05) is 6.07 Å². The molecule has 2 aliphatic heterocycles. The summed E-state index contributed by atoms with van der Waals surface area (Å²) in [6.07, 6.45) is 0.435. The number of nitrogens with zero attached hydrogens (tertiary/aromatic N) is 2. The fourth-order valence-electron chi connectivity index (χ4n) is 4.12. The number of rotatable bonds is 6. The van der Waals surface area contributed by atoms with E-state index < -0.39 is 5.92 Å². The van der Waals surface area contributed by atoms with Crippen molar-refractivity contribution in [1.82, 2.24) is 4.90 Å². The van der Waals surface area contributed by atoms with E-state index in [0.29, 0.717) is 49.9 Å². The number of benzene rings is 2. The average Bonchev–Trinajstić information content (AvgIpc) is 3.20. The molecule has 0 bridgehead atoms. The molecule has 2 aromatic carbocycles. The van der Waals surface area contributed by atoms with Crippen LogP contribution in [0.5, 0.6) is 11.5 Å². The molecule has 4 rings (SSSR count). The molecule has 8 heteroatoms. The highest BCUT2D eigenvalue weighted by Crippen LogP contribution is 2.32. The standard InChI is InChI=1S/C25H29N3O5/c1-4-27(15-23(29)26-18-6-8-21-22(14-18)33-12-11-32-21)24(30)20-9-10-28(25(20)31)19-7-5-16(2)17(3)13-19/h5-8,13-14,20H,4,9-12,15H2,1-3H3,(H,26,29). The maximum absolute atomic E-state index is 13.1. The van der Waals surface area contributed by atoms with Crippen molar-refractivity contribution in [3.8, 4) is 11.5 Å². The lowest BCUT2D eigenvalue weighted by molar-refractivity contribution is -0.141. The van der Waals surface area contributed by atoms with Crippen molar-refractivity contribution in [2.45, 2.75) is 27.2 Å². The molecule has 1 saturated heterocycles. The van der Waals surface area contributed by atoms with Crippen LogP contribution in [0.3, 0.4) is 0 Å². The normalized spacial score (nSPS) is 17.1. The number of ether oxygens (including phenoxy) is 2. The molecule has 0 radical (unpaired) electrons. The molecule has 174 valence electrons. The van der Waals surface area contributed by atoms with Crippen LogP contribution in [0.1, 0.15) is 24.5 Å². The van der Waals surface area contributed by atoms with Crippen LogP contribution in [0.4, 0.5) is 11.4 Å². The summed E-state index contributed by atoms with van der Waals surface area (Å²) in [7, 11) is 0. The number of fused-ring (bicyclic) bond motifs is 1. The van der Waals surface area contributed by atoms with Gasteiger partial charge in [-0.05, 0) is 62.6 Å². The lowest BCUT2D eigenvalue weighted by Crippen LogP contribution is -2.43. The highest BCUT2D eigenvalue weighted by atomic mass is 16.6. The first kappa shape index (κ1) is 22.6. The van der Waals surface area contributed by atoms with E-state index in [0.717, 1.165) is 16.8 Å². The molecule has 0 aliphatic carbocycles. The quantitative estimate of drug-likeness (QED) is 0.683. The minimum absolute atomic E-state index is 0.128. The molecule has 33 heavy (non-hydrogen) atoms. The largest absolute Gasteiger partial charge is 0.486 e. The third-order valence-corrected chi connectivity index (χ3v) is 6.16. The van der Waals surface area contributed by atoms with Crippen LogP contribution >= 0.6 is 0 Å². The molecule has 1 atom stereocenters. The highest BCUT2D eigenvalue weighted by Gasteiger charge is 2.39. The van der Waals surface area contributed by atoms with Crippen LogP contribution in [-0.2, 0) is 14.4 Å². The first-order valence-corrected chi connectivity index (χ1v) is 11.2. The highest BCUT2D eigenvalue weighted by molar-refractivity contribution is 6.10. The number of amides is 3. The Morgan fingerprint density at radius 1 is 1.06 bits per heavy atom. The molecular weight excluding hydrogens is 422 g/mol. The van der Waals surface area contributed by atoms with Crippen LogP contribution in [0, 0.1) is 19.8 Å². The van der Waals surface area contributed by atoms with E-state index in [1.807, 2.05) is 32.0 Å². The summed E-state index contributed by atoms with van der Waals surface area (Å²) in [4.78, 5) is 41.9. The summed E-state index contributed by atoms with van der Waals surface area (Å²) < 4.78 is 11.0. The number of aryl methyl sites for hydroxylation is 2. The van der Waals surface area contributed by atoms with Gasteiger partial charge in [0.05, 0.1) is 6.54 Å². The van der Waals surface area contributed by atoms with Gasteiger partial charge in [-0.2, -0.15) is 0 Å². The fraction of sp³-hybridized carbons (Fsp3) is 0.400. The number of carbonyl (C=O) groups is 3.